The predicted molar refractivity (Wildman–Crippen MR) is 86.3 cm³/mol. The van der Waals surface area contributed by atoms with E-state index in [-0.39, 0.29) is 12.5 Å². The number of carbonyl (C=O) groups excluding carboxylic acids is 1. The molecule has 5 heteroatoms. The molecule has 0 atom stereocenters. The Hall–Kier alpha value is -2.95. The molecule has 0 saturated carbocycles. The SMILES string of the molecule is COc1ccc2c(c1)OC(CNC(C)=O)=C(c1ccccc1)O2. The van der Waals surface area contributed by atoms with E-state index in [1.807, 2.05) is 36.4 Å². The summed E-state index contributed by atoms with van der Waals surface area (Å²) in [5.41, 5.74) is 0.884. The quantitative estimate of drug-likeness (QED) is 0.943. The molecule has 0 spiro atoms. The van der Waals surface area contributed by atoms with Crippen LogP contribution in [-0.4, -0.2) is 19.6 Å². The Morgan fingerprint density at radius 3 is 2.57 bits per heavy atom. The molecule has 0 saturated heterocycles. The highest BCUT2D eigenvalue weighted by Crippen LogP contribution is 2.40. The number of hydrogen-bond acceptors (Lipinski definition) is 4. The molecule has 2 aromatic rings. The summed E-state index contributed by atoms with van der Waals surface area (Å²) in [6.45, 7) is 1.71. The van der Waals surface area contributed by atoms with Crippen LogP contribution in [0, 0.1) is 0 Å². The topological polar surface area (TPSA) is 56.8 Å². The minimum Gasteiger partial charge on any atom is -0.497 e. The summed E-state index contributed by atoms with van der Waals surface area (Å²) in [7, 11) is 1.59. The third kappa shape index (κ3) is 3.29. The lowest BCUT2D eigenvalue weighted by atomic mass is 10.1. The van der Waals surface area contributed by atoms with Crippen LogP contribution in [0.25, 0.3) is 5.76 Å². The number of nitrogens with one attached hydrogen (secondary N) is 1. The fraction of sp³-hybridized carbons (Fsp3) is 0.167. The van der Waals surface area contributed by atoms with Crippen LogP contribution in [0.5, 0.6) is 17.2 Å². The van der Waals surface area contributed by atoms with Crippen LogP contribution in [0.4, 0.5) is 0 Å². The first-order valence-corrected chi connectivity index (χ1v) is 7.24. The van der Waals surface area contributed by atoms with Crippen molar-refractivity contribution in [3.8, 4) is 17.2 Å². The van der Waals surface area contributed by atoms with Crippen LogP contribution in [0.15, 0.2) is 54.3 Å². The van der Waals surface area contributed by atoms with Crippen LogP contribution in [0.3, 0.4) is 0 Å². The van der Waals surface area contributed by atoms with Gasteiger partial charge in [-0.3, -0.25) is 4.79 Å². The zero-order chi connectivity index (χ0) is 16.2. The maximum Gasteiger partial charge on any atom is 0.217 e. The molecular weight excluding hydrogens is 294 g/mol. The number of benzene rings is 2. The van der Waals surface area contributed by atoms with Crippen LogP contribution in [0.1, 0.15) is 12.5 Å². The van der Waals surface area contributed by atoms with Crippen molar-refractivity contribution < 1.29 is 19.0 Å². The predicted octanol–water partition coefficient (Wildman–Crippen LogP) is 2.97. The lowest BCUT2D eigenvalue weighted by molar-refractivity contribution is -0.118. The Balaban J connectivity index is 1.98. The molecule has 118 valence electrons. The monoisotopic (exact) mass is 311 g/mol. The third-order valence-electron chi connectivity index (χ3n) is 3.38. The number of fused-ring (bicyclic) bond motifs is 1. The molecular formula is C18H17NO4. The molecule has 0 aliphatic carbocycles. The highest BCUT2D eigenvalue weighted by molar-refractivity contribution is 5.74. The van der Waals surface area contributed by atoms with Crippen LogP contribution >= 0.6 is 0 Å². The van der Waals surface area contributed by atoms with Gasteiger partial charge < -0.3 is 19.5 Å². The van der Waals surface area contributed by atoms with Gasteiger partial charge in [0.2, 0.25) is 5.91 Å². The van der Waals surface area contributed by atoms with Crippen molar-refractivity contribution in [2.45, 2.75) is 6.92 Å². The standard InChI is InChI=1S/C18H17NO4/c1-12(20)19-11-17-18(13-6-4-3-5-7-13)23-15-9-8-14(21-2)10-16(15)22-17/h3-10H,11H2,1-2H3,(H,19,20). The van der Waals surface area contributed by atoms with Gasteiger partial charge in [-0.05, 0) is 12.1 Å². The Kier molecular flexibility index (Phi) is 4.19. The number of methoxy groups -OCH3 is 1. The first-order chi connectivity index (χ1) is 11.2. The zero-order valence-corrected chi connectivity index (χ0v) is 13.0. The summed E-state index contributed by atoms with van der Waals surface area (Å²) >= 11 is 0. The zero-order valence-electron chi connectivity index (χ0n) is 13.0. The number of rotatable bonds is 4. The van der Waals surface area contributed by atoms with E-state index in [1.165, 1.54) is 6.92 Å². The largest absolute Gasteiger partial charge is 0.497 e. The van der Waals surface area contributed by atoms with Crippen molar-refractivity contribution >= 4 is 11.7 Å². The van der Waals surface area contributed by atoms with Gasteiger partial charge in [-0.2, -0.15) is 0 Å². The minimum atomic E-state index is -0.134. The number of hydrogen-bond donors (Lipinski definition) is 1. The van der Waals surface area contributed by atoms with E-state index >= 15 is 0 Å². The molecule has 1 heterocycles. The molecule has 1 amide bonds. The maximum atomic E-state index is 11.2. The van der Waals surface area contributed by atoms with E-state index in [9.17, 15) is 4.79 Å². The fourth-order valence-electron chi connectivity index (χ4n) is 2.26. The summed E-state index contributed by atoms with van der Waals surface area (Å²) in [5.74, 6) is 2.85. The van der Waals surface area contributed by atoms with Crippen molar-refractivity contribution in [3.05, 3.63) is 59.9 Å². The molecule has 0 aromatic heterocycles. The summed E-state index contributed by atoms with van der Waals surface area (Å²) in [5, 5.41) is 2.74. The van der Waals surface area contributed by atoms with E-state index in [1.54, 1.807) is 19.2 Å². The average molecular weight is 311 g/mol. The second-order valence-electron chi connectivity index (χ2n) is 5.04. The van der Waals surface area contributed by atoms with Gasteiger partial charge in [-0.15, -0.1) is 0 Å². The summed E-state index contributed by atoms with van der Waals surface area (Å²) < 4.78 is 17.2. The minimum absolute atomic E-state index is 0.134. The van der Waals surface area contributed by atoms with Crippen molar-refractivity contribution in [3.63, 3.8) is 0 Å². The van der Waals surface area contributed by atoms with Gasteiger partial charge in [0.05, 0.1) is 13.7 Å². The van der Waals surface area contributed by atoms with Gasteiger partial charge in [0.1, 0.15) is 5.75 Å². The summed E-state index contributed by atoms with van der Waals surface area (Å²) in [6.07, 6.45) is 0. The third-order valence-corrected chi connectivity index (χ3v) is 3.38. The first-order valence-electron chi connectivity index (χ1n) is 7.24. The Morgan fingerprint density at radius 2 is 1.87 bits per heavy atom. The highest BCUT2D eigenvalue weighted by Gasteiger charge is 2.23. The van der Waals surface area contributed by atoms with Crippen molar-refractivity contribution in [2.75, 3.05) is 13.7 Å². The molecule has 0 bridgehead atoms. The normalized spacial score (nSPS) is 12.8. The van der Waals surface area contributed by atoms with Crippen molar-refractivity contribution in [2.24, 2.45) is 0 Å². The highest BCUT2D eigenvalue weighted by atomic mass is 16.6. The Labute approximate surface area is 134 Å². The Morgan fingerprint density at radius 1 is 1.09 bits per heavy atom. The Bertz CT molecular complexity index is 753. The lowest BCUT2D eigenvalue weighted by Gasteiger charge is -2.24. The molecule has 2 aromatic carbocycles. The van der Waals surface area contributed by atoms with Crippen molar-refractivity contribution in [1.29, 1.82) is 0 Å². The number of amides is 1. The second kappa shape index (κ2) is 6.44. The van der Waals surface area contributed by atoms with E-state index in [2.05, 4.69) is 5.32 Å². The molecule has 0 unspecified atom stereocenters. The van der Waals surface area contributed by atoms with Gasteiger partial charge in [0, 0.05) is 18.6 Å². The molecule has 5 nitrogen and oxygen atoms in total. The lowest BCUT2D eigenvalue weighted by Crippen LogP contribution is -2.27. The molecule has 1 aliphatic rings. The molecule has 0 radical (unpaired) electrons. The van der Waals surface area contributed by atoms with E-state index < -0.39 is 0 Å². The van der Waals surface area contributed by atoms with Crippen LogP contribution in [0.2, 0.25) is 0 Å². The average Bonchev–Trinajstić information content (AvgIpc) is 2.59. The van der Waals surface area contributed by atoms with Gasteiger partial charge in [0.15, 0.2) is 23.0 Å². The fourth-order valence-corrected chi connectivity index (χ4v) is 2.26. The van der Waals surface area contributed by atoms with Gasteiger partial charge in [0.25, 0.3) is 0 Å². The van der Waals surface area contributed by atoms with E-state index in [4.69, 9.17) is 14.2 Å². The first kappa shape index (κ1) is 15.0. The molecule has 1 N–H and O–H groups in total. The van der Waals surface area contributed by atoms with Crippen LogP contribution in [-0.2, 0) is 4.79 Å². The van der Waals surface area contributed by atoms with Crippen LogP contribution < -0.4 is 19.5 Å². The summed E-state index contributed by atoms with van der Waals surface area (Å²) in [4.78, 5) is 11.2. The smallest absolute Gasteiger partial charge is 0.217 e. The maximum absolute atomic E-state index is 11.2. The summed E-state index contributed by atoms with van der Waals surface area (Å²) in [6, 6.07) is 15.0. The second-order valence-corrected chi connectivity index (χ2v) is 5.04. The van der Waals surface area contributed by atoms with E-state index in [0.717, 1.165) is 5.56 Å². The van der Waals surface area contributed by atoms with E-state index in [0.29, 0.717) is 28.8 Å². The van der Waals surface area contributed by atoms with Gasteiger partial charge >= 0.3 is 0 Å². The molecule has 3 rings (SSSR count). The van der Waals surface area contributed by atoms with Gasteiger partial charge in [-0.25, -0.2) is 0 Å². The number of ether oxygens (including phenoxy) is 3. The molecule has 0 fully saturated rings. The van der Waals surface area contributed by atoms with Crippen molar-refractivity contribution in [1.82, 2.24) is 5.32 Å². The molecule has 23 heavy (non-hydrogen) atoms. The van der Waals surface area contributed by atoms with Gasteiger partial charge in [-0.1, -0.05) is 30.3 Å². The molecule has 1 aliphatic heterocycles. The number of carbonyl (C=O) groups is 1.